The molecule has 2 fully saturated rings. The van der Waals surface area contributed by atoms with Gasteiger partial charge in [-0.05, 0) is 18.4 Å². The van der Waals surface area contributed by atoms with Crippen molar-refractivity contribution in [1.82, 2.24) is 19.6 Å². The number of hydrogen-bond donors (Lipinski definition) is 0. The third-order valence-electron chi connectivity index (χ3n) is 6.56. The van der Waals surface area contributed by atoms with Crippen molar-refractivity contribution in [2.75, 3.05) is 26.2 Å². The summed E-state index contributed by atoms with van der Waals surface area (Å²) in [5.74, 6) is 0.459. The lowest BCUT2D eigenvalue weighted by molar-refractivity contribution is -0.139. The van der Waals surface area contributed by atoms with Crippen LogP contribution in [0.4, 0.5) is 0 Å². The fourth-order valence-electron chi connectivity index (χ4n) is 4.45. The van der Waals surface area contributed by atoms with Gasteiger partial charge in [0.2, 0.25) is 5.91 Å². The van der Waals surface area contributed by atoms with Crippen molar-refractivity contribution >= 4 is 11.8 Å². The maximum absolute atomic E-state index is 13.5. The summed E-state index contributed by atoms with van der Waals surface area (Å²) in [6.07, 6.45) is 5.05. The molecule has 6 heteroatoms. The largest absolute Gasteiger partial charge is 0.339 e. The highest BCUT2D eigenvalue weighted by Crippen LogP contribution is 2.29. The first kappa shape index (κ1) is 20.5. The van der Waals surface area contributed by atoms with Gasteiger partial charge in [0, 0.05) is 43.9 Å². The number of hydrogen-bond acceptors (Lipinski definition) is 3. The highest BCUT2D eigenvalue weighted by molar-refractivity contribution is 6.00. The SMILES string of the molecule is O=C(c1cn(Cc2ccccc2)nc1-c1ccccc1)N1CCN(C(=O)C2CCC2)CC1. The lowest BCUT2D eigenvalue weighted by atomic mass is 9.84. The predicted octanol–water partition coefficient (Wildman–Crippen LogP) is 3.68. The molecule has 5 rings (SSSR count). The zero-order chi connectivity index (χ0) is 21.9. The molecule has 1 aromatic heterocycles. The summed E-state index contributed by atoms with van der Waals surface area (Å²) in [6, 6.07) is 20.0. The standard InChI is InChI=1S/C26H28N4O2/c31-25(22-12-7-13-22)28-14-16-29(17-15-28)26(32)23-19-30(18-20-8-3-1-4-9-20)27-24(23)21-10-5-2-6-11-21/h1-6,8-11,19,22H,7,12-18H2. The lowest BCUT2D eigenvalue weighted by Gasteiger charge is -2.38. The summed E-state index contributed by atoms with van der Waals surface area (Å²) in [4.78, 5) is 29.9. The predicted molar refractivity (Wildman–Crippen MR) is 123 cm³/mol. The van der Waals surface area contributed by atoms with Crippen molar-refractivity contribution in [1.29, 1.82) is 0 Å². The van der Waals surface area contributed by atoms with Crippen LogP contribution >= 0.6 is 0 Å². The minimum absolute atomic E-state index is 0.0149. The third-order valence-corrected chi connectivity index (χ3v) is 6.56. The Hall–Kier alpha value is -3.41. The van der Waals surface area contributed by atoms with Crippen molar-refractivity contribution < 1.29 is 9.59 Å². The van der Waals surface area contributed by atoms with Crippen LogP contribution in [0.15, 0.2) is 66.9 Å². The van der Waals surface area contributed by atoms with E-state index in [4.69, 9.17) is 5.10 Å². The first-order chi connectivity index (χ1) is 15.7. The summed E-state index contributed by atoms with van der Waals surface area (Å²) in [7, 11) is 0. The highest BCUT2D eigenvalue weighted by Gasteiger charge is 2.33. The lowest BCUT2D eigenvalue weighted by Crippen LogP contribution is -2.52. The fourth-order valence-corrected chi connectivity index (χ4v) is 4.45. The summed E-state index contributed by atoms with van der Waals surface area (Å²) in [6.45, 7) is 2.96. The van der Waals surface area contributed by atoms with E-state index in [1.807, 2.05) is 69.2 Å². The molecular formula is C26H28N4O2. The van der Waals surface area contributed by atoms with E-state index in [-0.39, 0.29) is 17.7 Å². The minimum Gasteiger partial charge on any atom is -0.339 e. The molecule has 3 aromatic rings. The van der Waals surface area contributed by atoms with Gasteiger partial charge in [-0.3, -0.25) is 14.3 Å². The Kier molecular flexibility index (Phi) is 5.75. The van der Waals surface area contributed by atoms with Crippen LogP contribution in [0.2, 0.25) is 0 Å². The summed E-state index contributed by atoms with van der Waals surface area (Å²) in [5.41, 5.74) is 3.39. The maximum atomic E-state index is 13.5. The zero-order valence-corrected chi connectivity index (χ0v) is 18.2. The van der Waals surface area contributed by atoms with E-state index < -0.39 is 0 Å². The van der Waals surface area contributed by atoms with Crippen LogP contribution in [0.3, 0.4) is 0 Å². The molecule has 0 bridgehead atoms. The van der Waals surface area contributed by atoms with E-state index in [9.17, 15) is 9.59 Å². The van der Waals surface area contributed by atoms with E-state index in [1.54, 1.807) is 0 Å². The Morgan fingerprint density at radius 2 is 1.47 bits per heavy atom. The topological polar surface area (TPSA) is 58.4 Å². The van der Waals surface area contributed by atoms with E-state index in [0.717, 1.165) is 30.4 Å². The highest BCUT2D eigenvalue weighted by atomic mass is 16.2. The van der Waals surface area contributed by atoms with Crippen LogP contribution in [0.1, 0.15) is 35.2 Å². The number of rotatable bonds is 5. The Morgan fingerprint density at radius 1 is 0.844 bits per heavy atom. The molecule has 1 aliphatic heterocycles. The molecule has 2 amide bonds. The molecule has 2 heterocycles. The van der Waals surface area contributed by atoms with E-state index in [0.29, 0.717) is 44.0 Å². The van der Waals surface area contributed by atoms with E-state index >= 15 is 0 Å². The van der Waals surface area contributed by atoms with Gasteiger partial charge in [0.15, 0.2) is 0 Å². The number of benzene rings is 2. The number of piperazine rings is 1. The molecule has 2 aliphatic rings. The molecule has 164 valence electrons. The van der Waals surface area contributed by atoms with Crippen LogP contribution in [0.25, 0.3) is 11.3 Å². The first-order valence-electron chi connectivity index (χ1n) is 11.4. The van der Waals surface area contributed by atoms with Gasteiger partial charge in [0.1, 0.15) is 5.69 Å². The van der Waals surface area contributed by atoms with Gasteiger partial charge < -0.3 is 9.80 Å². The summed E-state index contributed by atoms with van der Waals surface area (Å²) >= 11 is 0. The maximum Gasteiger partial charge on any atom is 0.257 e. The van der Waals surface area contributed by atoms with Crippen LogP contribution in [0.5, 0.6) is 0 Å². The molecule has 32 heavy (non-hydrogen) atoms. The molecule has 2 aromatic carbocycles. The van der Waals surface area contributed by atoms with Gasteiger partial charge in [-0.25, -0.2) is 0 Å². The van der Waals surface area contributed by atoms with Gasteiger partial charge in [0.05, 0.1) is 12.1 Å². The number of carbonyl (C=O) groups excluding carboxylic acids is 2. The number of nitrogens with zero attached hydrogens (tertiary/aromatic N) is 4. The molecule has 0 atom stereocenters. The Labute approximate surface area is 188 Å². The summed E-state index contributed by atoms with van der Waals surface area (Å²) < 4.78 is 1.85. The first-order valence-corrected chi connectivity index (χ1v) is 11.4. The molecule has 0 unspecified atom stereocenters. The molecule has 6 nitrogen and oxygen atoms in total. The van der Waals surface area contributed by atoms with Gasteiger partial charge in [-0.2, -0.15) is 5.10 Å². The number of aromatic nitrogens is 2. The van der Waals surface area contributed by atoms with Crippen LogP contribution in [-0.4, -0.2) is 57.6 Å². The van der Waals surface area contributed by atoms with Gasteiger partial charge in [-0.15, -0.1) is 0 Å². The Morgan fingerprint density at radius 3 is 2.09 bits per heavy atom. The normalized spacial score (nSPS) is 16.6. The van der Waals surface area contributed by atoms with Crippen molar-refractivity contribution in [2.45, 2.75) is 25.8 Å². The smallest absolute Gasteiger partial charge is 0.257 e. The van der Waals surface area contributed by atoms with E-state index in [1.165, 1.54) is 0 Å². The van der Waals surface area contributed by atoms with Crippen molar-refractivity contribution in [2.24, 2.45) is 5.92 Å². The average molecular weight is 429 g/mol. The fraction of sp³-hybridized carbons (Fsp3) is 0.346. The van der Waals surface area contributed by atoms with Crippen molar-refractivity contribution in [3.05, 3.63) is 78.0 Å². The minimum atomic E-state index is -0.0149. The second-order valence-corrected chi connectivity index (χ2v) is 8.69. The Bertz CT molecular complexity index is 1080. The molecule has 1 saturated heterocycles. The van der Waals surface area contributed by atoms with Crippen LogP contribution in [-0.2, 0) is 11.3 Å². The second kappa shape index (κ2) is 8.99. The average Bonchev–Trinajstić information content (AvgIpc) is 3.22. The zero-order valence-electron chi connectivity index (χ0n) is 18.2. The molecule has 0 radical (unpaired) electrons. The molecule has 0 N–H and O–H groups in total. The molecule has 1 saturated carbocycles. The monoisotopic (exact) mass is 428 g/mol. The van der Waals surface area contributed by atoms with Crippen LogP contribution in [0, 0.1) is 5.92 Å². The summed E-state index contributed by atoms with van der Waals surface area (Å²) in [5, 5.41) is 4.78. The second-order valence-electron chi connectivity index (χ2n) is 8.69. The van der Waals surface area contributed by atoms with Gasteiger partial charge >= 0.3 is 0 Å². The van der Waals surface area contributed by atoms with Gasteiger partial charge in [0.25, 0.3) is 5.91 Å². The van der Waals surface area contributed by atoms with Crippen molar-refractivity contribution in [3.63, 3.8) is 0 Å². The molecule has 0 spiro atoms. The molecule has 1 aliphatic carbocycles. The van der Waals surface area contributed by atoms with Crippen molar-refractivity contribution in [3.8, 4) is 11.3 Å². The van der Waals surface area contributed by atoms with E-state index in [2.05, 4.69) is 12.1 Å². The number of carbonyl (C=O) groups is 2. The quantitative estimate of drug-likeness (QED) is 0.623. The van der Waals surface area contributed by atoms with Gasteiger partial charge in [-0.1, -0.05) is 67.1 Å². The number of amides is 2. The Balaban J connectivity index is 1.35. The van der Waals surface area contributed by atoms with Crippen LogP contribution < -0.4 is 0 Å². The third kappa shape index (κ3) is 4.17. The molecular weight excluding hydrogens is 400 g/mol.